The summed E-state index contributed by atoms with van der Waals surface area (Å²) < 4.78 is 18.5. The first-order chi connectivity index (χ1) is 8.90. The standard InChI is InChI=1S/C13H21BFNO3/c1-10(2)19-7-6-16(3)9-11-4-5-12(15)8-13(11)14(17)18/h4-5,8,10,17-18H,6-7,9H2,1-3H3. The maximum Gasteiger partial charge on any atom is 0.488 e. The van der Waals surface area contributed by atoms with Crippen molar-refractivity contribution in [3.05, 3.63) is 29.6 Å². The largest absolute Gasteiger partial charge is 0.488 e. The highest BCUT2D eigenvalue weighted by Crippen LogP contribution is 2.04. The molecular weight excluding hydrogens is 248 g/mol. The molecule has 0 atom stereocenters. The molecule has 19 heavy (non-hydrogen) atoms. The van der Waals surface area contributed by atoms with Gasteiger partial charge in [0.25, 0.3) is 0 Å². The summed E-state index contributed by atoms with van der Waals surface area (Å²) in [4.78, 5) is 1.99. The van der Waals surface area contributed by atoms with Crippen LogP contribution < -0.4 is 5.46 Å². The number of benzene rings is 1. The molecule has 0 aliphatic rings. The molecule has 0 spiro atoms. The summed E-state index contributed by atoms with van der Waals surface area (Å²) in [7, 11) is 0.242. The van der Waals surface area contributed by atoms with Gasteiger partial charge in [-0.2, -0.15) is 0 Å². The molecule has 1 aromatic carbocycles. The van der Waals surface area contributed by atoms with E-state index in [0.29, 0.717) is 18.7 Å². The van der Waals surface area contributed by atoms with E-state index in [4.69, 9.17) is 4.74 Å². The van der Waals surface area contributed by atoms with Crippen molar-refractivity contribution in [1.29, 1.82) is 0 Å². The Kier molecular flexibility index (Phi) is 6.44. The van der Waals surface area contributed by atoms with Gasteiger partial charge in [0.15, 0.2) is 0 Å². The van der Waals surface area contributed by atoms with Crippen molar-refractivity contribution in [2.24, 2.45) is 0 Å². The van der Waals surface area contributed by atoms with E-state index in [1.54, 1.807) is 6.07 Å². The fourth-order valence-corrected chi connectivity index (χ4v) is 1.76. The first-order valence-electron chi connectivity index (χ1n) is 6.34. The van der Waals surface area contributed by atoms with E-state index in [1.807, 2.05) is 25.8 Å². The zero-order valence-electron chi connectivity index (χ0n) is 11.6. The zero-order chi connectivity index (χ0) is 14.4. The third-order valence-electron chi connectivity index (χ3n) is 2.75. The highest BCUT2D eigenvalue weighted by molar-refractivity contribution is 6.59. The molecule has 106 valence electrons. The summed E-state index contributed by atoms with van der Waals surface area (Å²) in [6.45, 7) is 5.78. The molecule has 0 aliphatic heterocycles. The van der Waals surface area contributed by atoms with Crippen LogP contribution in [0.3, 0.4) is 0 Å². The molecule has 0 saturated heterocycles. The summed E-state index contributed by atoms with van der Waals surface area (Å²) in [5.74, 6) is -0.474. The lowest BCUT2D eigenvalue weighted by Crippen LogP contribution is -2.36. The number of ether oxygens (including phenoxy) is 1. The van der Waals surface area contributed by atoms with E-state index in [0.717, 1.165) is 12.6 Å². The van der Waals surface area contributed by atoms with Crippen LogP contribution in [-0.2, 0) is 11.3 Å². The van der Waals surface area contributed by atoms with E-state index in [-0.39, 0.29) is 11.6 Å². The van der Waals surface area contributed by atoms with E-state index in [1.165, 1.54) is 6.07 Å². The maximum absolute atomic E-state index is 13.1. The van der Waals surface area contributed by atoms with Crippen molar-refractivity contribution in [1.82, 2.24) is 4.90 Å². The maximum atomic E-state index is 13.1. The van der Waals surface area contributed by atoms with E-state index >= 15 is 0 Å². The van der Waals surface area contributed by atoms with Crippen LogP contribution in [-0.4, -0.2) is 48.4 Å². The van der Waals surface area contributed by atoms with Gasteiger partial charge in [-0.3, -0.25) is 4.90 Å². The van der Waals surface area contributed by atoms with Crippen molar-refractivity contribution in [2.75, 3.05) is 20.2 Å². The monoisotopic (exact) mass is 269 g/mol. The Balaban J connectivity index is 2.60. The predicted octanol–water partition coefficient (Wildman–Crippen LogP) is 0.362. The molecular formula is C13H21BFNO3. The molecule has 2 N–H and O–H groups in total. The number of nitrogens with zero attached hydrogens (tertiary/aromatic N) is 1. The van der Waals surface area contributed by atoms with Crippen molar-refractivity contribution in [2.45, 2.75) is 26.5 Å². The number of rotatable bonds is 7. The lowest BCUT2D eigenvalue weighted by Gasteiger charge is -2.19. The van der Waals surface area contributed by atoms with Gasteiger partial charge in [-0.15, -0.1) is 0 Å². The smallest absolute Gasteiger partial charge is 0.423 e. The molecule has 0 saturated carbocycles. The average molecular weight is 269 g/mol. The quantitative estimate of drug-likeness (QED) is 0.702. The van der Waals surface area contributed by atoms with Crippen molar-refractivity contribution >= 4 is 12.6 Å². The SMILES string of the molecule is CC(C)OCCN(C)Cc1ccc(F)cc1B(O)O. The highest BCUT2D eigenvalue weighted by Gasteiger charge is 2.17. The molecule has 1 rings (SSSR count). The Bertz CT molecular complexity index is 401. The van der Waals surface area contributed by atoms with Crippen LogP contribution in [0.4, 0.5) is 4.39 Å². The molecule has 0 fully saturated rings. The van der Waals surface area contributed by atoms with Crippen LogP contribution in [0.15, 0.2) is 18.2 Å². The van der Waals surface area contributed by atoms with Crippen molar-refractivity contribution in [3.8, 4) is 0 Å². The summed E-state index contributed by atoms with van der Waals surface area (Å²) in [6.07, 6.45) is 0.189. The Morgan fingerprint density at radius 3 is 2.63 bits per heavy atom. The first-order valence-corrected chi connectivity index (χ1v) is 6.34. The van der Waals surface area contributed by atoms with Crippen LogP contribution in [0.5, 0.6) is 0 Å². The minimum Gasteiger partial charge on any atom is -0.423 e. The molecule has 0 aromatic heterocycles. The van der Waals surface area contributed by atoms with Gasteiger partial charge in [0, 0.05) is 13.1 Å². The van der Waals surface area contributed by atoms with E-state index in [2.05, 4.69) is 0 Å². The predicted molar refractivity (Wildman–Crippen MR) is 73.6 cm³/mol. The summed E-state index contributed by atoms with van der Waals surface area (Å²) in [5.41, 5.74) is 0.903. The summed E-state index contributed by atoms with van der Waals surface area (Å²) >= 11 is 0. The minimum atomic E-state index is -1.66. The summed E-state index contributed by atoms with van der Waals surface area (Å²) in [6, 6.07) is 4.04. The molecule has 6 heteroatoms. The van der Waals surface area contributed by atoms with E-state index in [9.17, 15) is 14.4 Å². The minimum absolute atomic E-state index is 0.189. The Morgan fingerprint density at radius 1 is 1.37 bits per heavy atom. The number of likely N-dealkylation sites (N-methyl/N-ethyl adjacent to an activating group) is 1. The van der Waals surface area contributed by atoms with Crippen molar-refractivity contribution < 1.29 is 19.2 Å². The highest BCUT2D eigenvalue weighted by atomic mass is 19.1. The van der Waals surface area contributed by atoms with Gasteiger partial charge in [-0.1, -0.05) is 6.07 Å². The lowest BCUT2D eigenvalue weighted by molar-refractivity contribution is 0.0627. The second kappa shape index (κ2) is 7.60. The topological polar surface area (TPSA) is 52.9 Å². The van der Waals surface area contributed by atoms with Crippen LogP contribution in [0, 0.1) is 5.82 Å². The number of hydrogen-bond acceptors (Lipinski definition) is 4. The van der Waals surface area contributed by atoms with Gasteiger partial charge in [0.1, 0.15) is 5.82 Å². The fourth-order valence-electron chi connectivity index (χ4n) is 1.76. The second-order valence-corrected chi connectivity index (χ2v) is 4.87. The number of hydrogen-bond donors (Lipinski definition) is 2. The third kappa shape index (κ3) is 5.69. The van der Waals surface area contributed by atoms with Gasteiger partial charge < -0.3 is 14.8 Å². The number of halogens is 1. The molecule has 4 nitrogen and oxygen atoms in total. The third-order valence-corrected chi connectivity index (χ3v) is 2.75. The fraction of sp³-hybridized carbons (Fsp3) is 0.538. The van der Waals surface area contributed by atoms with Crippen molar-refractivity contribution in [3.63, 3.8) is 0 Å². The lowest BCUT2D eigenvalue weighted by atomic mass is 9.77. The van der Waals surface area contributed by atoms with Gasteiger partial charge >= 0.3 is 7.12 Å². The van der Waals surface area contributed by atoms with Crippen LogP contribution in [0.1, 0.15) is 19.4 Å². The molecule has 1 aromatic rings. The van der Waals surface area contributed by atoms with Crippen LogP contribution >= 0.6 is 0 Å². The molecule has 0 bridgehead atoms. The normalized spacial score (nSPS) is 11.4. The molecule has 0 unspecified atom stereocenters. The second-order valence-electron chi connectivity index (χ2n) is 4.87. The van der Waals surface area contributed by atoms with Gasteiger partial charge in [-0.25, -0.2) is 4.39 Å². The van der Waals surface area contributed by atoms with Gasteiger partial charge in [-0.05, 0) is 44.1 Å². The Morgan fingerprint density at radius 2 is 2.05 bits per heavy atom. The Labute approximate surface area is 114 Å². The average Bonchev–Trinajstić information content (AvgIpc) is 2.30. The molecule has 0 aliphatic carbocycles. The molecule has 0 amide bonds. The Hall–Kier alpha value is -0.945. The summed E-state index contributed by atoms with van der Waals surface area (Å²) in [5, 5.41) is 18.5. The zero-order valence-corrected chi connectivity index (χ0v) is 11.6. The first kappa shape index (κ1) is 16.1. The molecule has 0 radical (unpaired) electrons. The van der Waals surface area contributed by atoms with E-state index < -0.39 is 12.9 Å². The van der Waals surface area contributed by atoms with Gasteiger partial charge in [0.05, 0.1) is 12.7 Å². The van der Waals surface area contributed by atoms with Gasteiger partial charge in [0.2, 0.25) is 0 Å². The van der Waals surface area contributed by atoms with Crippen LogP contribution in [0.25, 0.3) is 0 Å². The molecule has 0 heterocycles. The van der Waals surface area contributed by atoms with Crippen LogP contribution in [0.2, 0.25) is 0 Å².